The Hall–Kier alpha value is -1.89. The number of aromatic nitrogens is 2. The Kier molecular flexibility index (Phi) is 5.71. The zero-order valence-electron chi connectivity index (χ0n) is 14.2. The average Bonchev–Trinajstić information content (AvgIpc) is 3.37. The molecule has 4 rings (SSSR count). The number of carboxylic acid groups (broad SMARTS) is 1. The van der Waals surface area contributed by atoms with E-state index in [9.17, 15) is 19.5 Å². The summed E-state index contributed by atoms with van der Waals surface area (Å²) in [5, 5.41) is 17.7. The third-order valence-corrected chi connectivity index (χ3v) is 8.49. The van der Waals surface area contributed by atoms with E-state index in [2.05, 4.69) is 14.9 Å². The van der Waals surface area contributed by atoms with E-state index < -0.39 is 12.0 Å². The summed E-state index contributed by atoms with van der Waals surface area (Å²) in [6, 6.07) is 3.04. The number of fused-ring (bicyclic) bond motifs is 1. The van der Waals surface area contributed by atoms with E-state index in [4.69, 9.17) is 0 Å². The molecule has 8 nitrogen and oxygen atoms in total. The number of β-lactam (4-membered cyclic amide) rings is 1. The molecule has 0 saturated carbocycles. The highest BCUT2D eigenvalue weighted by Gasteiger charge is 2.54. The van der Waals surface area contributed by atoms with E-state index in [0.717, 1.165) is 9.75 Å². The maximum absolute atomic E-state index is 12.6. The topological polar surface area (TPSA) is 112 Å². The van der Waals surface area contributed by atoms with Gasteiger partial charge in [-0.2, -0.15) is 0 Å². The first-order valence-corrected chi connectivity index (χ1v) is 11.8. The first-order chi connectivity index (χ1) is 13.5. The van der Waals surface area contributed by atoms with Crippen molar-refractivity contribution in [2.24, 2.45) is 0 Å². The van der Waals surface area contributed by atoms with Gasteiger partial charge in [-0.3, -0.25) is 14.5 Å². The van der Waals surface area contributed by atoms with E-state index in [-0.39, 0.29) is 29.3 Å². The summed E-state index contributed by atoms with van der Waals surface area (Å²) in [6.45, 7) is 0. The number of rotatable bonds is 7. The van der Waals surface area contributed by atoms with Gasteiger partial charge >= 0.3 is 5.97 Å². The van der Waals surface area contributed by atoms with E-state index in [0.29, 0.717) is 16.4 Å². The highest BCUT2D eigenvalue weighted by molar-refractivity contribution is 8.05. The van der Waals surface area contributed by atoms with Crippen molar-refractivity contribution in [2.45, 2.75) is 23.6 Å². The number of carbonyl (C=O) groups is 3. The maximum atomic E-state index is 12.6. The van der Waals surface area contributed by atoms with Crippen molar-refractivity contribution in [3.05, 3.63) is 44.1 Å². The molecule has 12 heteroatoms. The van der Waals surface area contributed by atoms with Crippen molar-refractivity contribution < 1.29 is 19.5 Å². The smallest absolute Gasteiger partial charge is 0.353 e. The van der Waals surface area contributed by atoms with Crippen molar-refractivity contribution >= 4 is 64.2 Å². The number of hydrogen-bond donors (Lipinski definition) is 2. The molecule has 2 amide bonds. The summed E-state index contributed by atoms with van der Waals surface area (Å²) in [4.78, 5) is 40.4. The lowest BCUT2D eigenvalue weighted by Gasteiger charge is -2.49. The van der Waals surface area contributed by atoms with Crippen LogP contribution in [0.3, 0.4) is 0 Å². The molecule has 1 fully saturated rings. The van der Waals surface area contributed by atoms with Crippen LogP contribution in [0.15, 0.2) is 34.3 Å². The summed E-state index contributed by atoms with van der Waals surface area (Å²) in [7, 11) is 0. The van der Waals surface area contributed by atoms with E-state index in [1.807, 2.05) is 17.5 Å². The summed E-state index contributed by atoms with van der Waals surface area (Å²) in [5.41, 5.74) is 0.0139. The second-order valence-corrected chi connectivity index (χ2v) is 10.0. The molecule has 1 saturated heterocycles. The fourth-order valence-corrected chi connectivity index (χ4v) is 6.74. The number of carbonyl (C=O) groups excluding carboxylic acids is 2. The van der Waals surface area contributed by atoms with Crippen LogP contribution in [0.25, 0.3) is 0 Å². The quantitative estimate of drug-likeness (QED) is 0.609. The molecule has 2 aromatic rings. The van der Waals surface area contributed by atoms with Crippen molar-refractivity contribution in [1.29, 1.82) is 0 Å². The molecule has 28 heavy (non-hydrogen) atoms. The number of carboxylic acids is 1. The van der Waals surface area contributed by atoms with Crippen LogP contribution < -0.4 is 5.32 Å². The van der Waals surface area contributed by atoms with Crippen LogP contribution in [0.5, 0.6) is 0 Å². The lowest BCUT2D eigenvalue weighted by Crippen LogP contribution is -2.70. The summed E-state index contributed by atoms with van der Waals surface area (Å²) < 4.78 is 3.79. The zero-order chi connectivity index (χ0) is 19.7. The second-order valence-electron chi connectivity index (χ2n) is 5.96. The summed E-state index contributed by atoms with van der Waals surface area (Å²) in [5.74, 6) is -0.721. The van der Waals surface area contributed by atoms with Gasteiger partial charge in [-0.1, -0.05) is 10.6 Å². The standard InChI is InChI=1S/C16H14N4O4S4/c21-11(4-8-2-1-3-25-8)18-12-14(22)20-13(16(23)24)10(7-27-15(12)20)26-6-9-5-17-19-28-9/h1-3,5,12,15H,4,6-7H2,(H,18,21)(H,23,24)/t12-,15+/m1/s1. The van der Waals surface area contributed by atoms with Crippen LogP contribution >= 0.6 is 46.4 Å². The predicted octanol–water partition coefficient (Wildman–Crippen LogP) is 1.77. The molecule has 146 valence electrons. The average molecular weight is 455 g/mol. The van der Waals surface area contributed by atoms with E-state index >= 15 is 0 Å². The zero-order valence-corrected chi connectivity index (χ0v) is 17.5. The minimum absolute atomic E-state index is 0.0139. The Balaban J connectivity index is 1.44. The molecule has 2 aliphatic rings. The Labute approximate surface area is 176 Å². The number of amides is 2. The van der Waals surface area contributed by atoms with Crippen LogP contribution in [-0.2, 0) is 26.6 Å². The lowest BCUT2D eigenvalue weighted by molar-refractivity contribution is -0.150. The predicted molar refractivity (Wildman–Crippen MR) is 109 cm³/mol. The van der Waals surface area contributed by atoms with E-state index in [1.165, 1.54) is 51.3 Å². The van der Waals surface area contributed by atoms with Crippen molar-refractivity contribution in [3.63, 3.8) is 0 Å². The minimum Gasteiger partial charge on any atom is -0.477 e. The molecule has 2 N–H and O–H groups in total. The molecule has 2 aliphatic heterocycles. The van der Waals surface area contributed by atoms with Crippen molar-refractivity contribution in [3.8, 4) is 0 Å². The molecule has 0 bridgehead atoms. The molecule has 0 radical (unpaired) electrons. The number of nitrogens with zero attached hydrogens (tertiary/aromatic N) is 3. The molecule has 0 unspecified atom stereocenters. The van der Waals surface area contributed by atoms with Gasteiger partial charge in [0.2, 0.25) is 5.91 Å². The number of nitrogens with one attached hydrogen (secondary N) is 1. The van der Waals surface area contributed by atoms with Crippen LogP contribution in [0.1, 0.15) is 9.75 Å². The van der Waals surface area contributed by atoms with Crippen LogP contribution in [-0.4, -0.2) is 54.5 Å². The Morgan fingerprint density at radius 3 is 2.93 bits per heavy atom. The highest BCUT2D eigenvalue weighted by Crippen LogP contribution is 2.44. The fraction of sp³-hybridized carbons (Fsp3) is 0.312. The van der Waals surface area contributed by atoms with Gasteiger partial charge in [0.25, 0.3) is 5.91 Å². The Bertz CT molecular complexity index is 929. The molecular formula is C16H14N4O4S4. The SMILES string of the molecule is O=C(Cc1cccs1)N[C@@H]1C(=O)N2C(C(=O)O)=C(SCc3cnns3)CS[C@@H]12. The third-order valence-electron chi connectivity index (χ3n) is 4.16. The summed E-state index contributed by atoms with van der Waals surface area (Å²) >= 11 is 5.58. The third kappa shape index (κ3) is 3.81. The lowest BCUT2D eigenvalue weighted by atomic mass is 10.0. The van der Waals surface area contributed by atoms with Gasteiger partial charge in [0, 0.05) is 21.3 Å². The van der Waals surface area contributed by atoms with Gasteiger partial charge < -0.3 is 10.4 Å². The molecule has 0 aliphatic carbocycles. The van der Waals surface area contributed by atoms with Crippen molar-refractivity contribution in [1.82, 2.24) is 19.8 Å². The largest absolute Gasteiger partial charge is 0.477 e. The van der Waals surface area contributed by atoms with Crippen molar-refractivity contribution in [2.75, 3.05) is 5.75 Å². The first-order valence-electron chi connectivity index (χ1n) is 8.16. The summed E-state index contributed by atoms with van der Waals surface area (Å²) in [6.07, 6.45) is 1.86. The number of aliphatic carboxylic acids is 1. The van der Waals surface area contributed by atoms with Gasteiger partial charge in [0.05, 0.1) is 17.5 Å². The minimum atomic E-state index is -1.13. The maximum Gasteiger partial charge on any atom is 0.353 e. The van der Waals surface area contributed by atoms with Gasteiger partial charge in [-0.05, 0) is 23.0 Å². The molecule has 2 aromatic heterocycles. The molecule has 2 atom stereocenters. The fourth-order valence-electron chi connectivity index (χ4n) is 2.91. The Morgan fingerprint density at radius 1 is 1.39 bits per heavy atom. The van der Waals surface area contributed by atoms with Crippen LogP contribution in [0.2, 0.25) is 0 Å². The molecule has 4 heterocycles. The van der Waals surface area contributed by atoms with Gasteiger partial charge in [0.1, 0.15) is 17.1 Å². The number of hydrogen-bond acceptors (Lipinski definition) is 9. The molecule has 0 aromatic carbocycles. The molecular weight excluding hydrogens is 440 g/mol. The van der Waals surface area contributed by atoms with Gasteiger partial charge in [-0.15, -0.1) is 40.0 Å². The van der Waals surface area contributed by atoms with Crippen LogP contribution in [0.4, 0.5) is 0 Å². The van der Waals surface area contributed by atoms with Gasteiger partial charge in [-0.25, -0.2) is 4.79 Å². The number of thiophene rings is 1. The monoisotopic (exact) mass is 454 g/mol. The normalized spacial score (nSPS) is 21.3. The second kappa shape index (κ2) is 8.23. The Morgan fingerprint density at radius 2 is 2.25 bits per heavy atom. The number of thioether (sulfide) groups is 2. The van der Waals surface area contributed by atoms with Gasteiger partial charge in [0.15, 0.2) is 0 Å². The first kappa shape index (κ1) is 19.4. The highest BCUT2D eigenvalue weighted by atomic mass is 32.2. The van der Waals surface area contributed by atoms with E-state index in [1.54, 1.807) is 6.20 Å². The molecule has 0 spiro atoms. The van der Waals surface area contributed by atoms with Crippen LogP contribution in [0, 0.1) is 0 Å².